The number of Topliss-reactive ketones (excluding diaryl/α,β-unsaturated/α-hetero) is 1. The molecule has 5 heteroatoms. The summed E-state index contributed by atoms with van der Waals surface area (Å²) in [5, 5.41) is 0. The van der Waals surface area contributed by atoms with Crippen LogP contribution < -0.4 is 5.73 Å². The average molecular weight is 387 g/mol. The second-order valence-electron chi connectivity index (χ2n) is 4.11. The zero-order chi connectivity index (χ0) is 14.0. The van der Waals surface area contributed by atoms with E-state index in [1.807, 2.05) is 0 Å². The van der Waals surface area contributed by atoms with Gasteiger partial charge in [-0.3, -0.25) is 4.79 Å². The first kappa shape index (κ1) is 14.2. The normalized spacial score (nSPS) is 10.5. The van der Waals surface area contributed by atoms with Crippen LogP contribution in [0.4, 0.5) is 10.1 Å². The summed E-state index contributed by atoms with van der Waals surface area (Å²) in [6.45, 7) is 0. The van der Waals surface area contributed by atoms with Crippen molar-refractivity contribution in [1.29, 1.82) is 0 Å². The van der Waals surface area contributed by atoms with E-state index >= 15 is 0 Å². The van der Waals surface area contributed by atoms with Crippen LogP contribution in [0.5, 0.6) is 0 Å². The topological polar surface area (TPSA) is 43.1 Å². The molecule has 98 valence electrons. The van der Waals surface area contributed by atoms with Crippen molar-refractivity contribution in [3.05, 3.63) is 62.3 Å². The monoisotopic (exact) mass is 385 g/mol. The first-order valence-corrected chi connectivity index (χ1v) is 7.07. The van der Waals surface area contributed by atoms with Gasteiger partial charge in [-0.1, -0.05) is 31.9 Å². The fourth-order valence-electron chi connectivity index (χ4n) is 1.73. The van der Waals surface area contributed by atoms with E-state index in [1.165, 1.54) is 6.07 Å². The Balaban J connectivity index is 2.28. The van der Waals surface area contributed by atoms with Crippen LogP contribution >= 0.6 is 31.9 Å². The molecular formula is C14H10Br2FNO. The maximum absolute atomic E-state index is 13.6. The van der Waals surface area contributed by atoms with Gasteiger partial charge in [0.2, 0.25) is 0 Å². The van der Waals surface area contributed by atoms with Gasteiger partial charge in [-0.2, -0.15) is 0 Å². The summed E-state index contributed by atoms with van der Waals surface area (Å²) in [6, 6.07) is 9.50. The van der Waals surface area contributed by atoms with Gasteiger partial charge in [0, 0.05) is 26.6 Å². The van der Waals surface area contributed by atoms with Crippen LogP contribution in [-0.4, -0.2) is 5.78 Å². The lowest BCUT2D eigenvalue weighted by Gasteiger charge is -2.05. The summed E-state index contributed by atoms with van der Waals surface area (Å²) in [6.07, 6.45) is 0.00116. The van der Waals surface area contributed by atoms with Gasteiger partial charge in [0.1, 0.15) is 5.82 Å². The molecular weight excluding hydrogens is 377 g/mol. The molecule has 0 bridgehead atoms. The minimum atomic E-state index is -0.389. The minimum Gasteiger partial charge on any atom is -0.399 e. The molecule has 0 aliphatic heterocycles. The molecule has 2 N–H and O–H groups in total. The summed E-state index contributed by atoms with van der Waals surface area (Å²) >= 11 is 6.54. The predicted molar refractivity (Wildman–Crippen MR) is 80.7 cm³/mol. The zero-order valence-electron chi connectivity index (χ0n) is 9.79. The van der Waals surface area contributed by atoms with E-state index in [1.54, 1.807) is 30.3 Å². The molecule has 0 saturated heterocycles. The SMILES string of the molecule is Nc1cc(Br)cc(C(=O)Cc2cc(Br)ccc2F)c1. The molecule has 0 amide bonds. The van der Waals surface area contributed by atoms with Crippen molar-refractivity contribution in [2.45, 2.75) is 6.42 Å². The summed E-state index contributed by atoms with van der Waals surface area (Å²) in [7, 11) is 0. The Morgan fingerprint density at radius 1 is 1.11 bits per heavy atom. The van der Waals surface area contributed by atoms with Gasteiger partial charge in [0.05, 0.1) is 0 Å². The van der Waals surface area contributed by atoms with Crippen molar-refractivity contribution in [3.8, 4) is 0 Å². The lowest BCUT2D eigenvalue weighted by atomic mass is 10.0. The number of rotatable bonds is 3. The van der Waals surface area contributed by atoms with Crippen LogP contribution in [0.2, 0.25) is 0 Å². The van der Waals surface area contributed by atoms with Gasteiger partial charge in [-0.25, -0.2) is 4.39 Å². The molecule has 0 aliphatic carbocycles. The van der Waals surface area contributed by atoms with Crippen LogP contribution in [-0.2, 0) is 6.42 Å². The third-order valence-electron chi connectivity index (χ3n) is 2.60. The number of nitrogen functional groups attached to an aromatic ring is 1. The highest BCUT2D eigenvalue weighted by molar-refractivity contribution is 9.10. The van der Waals surface area contributed by atoms with Gasteiger partial charge in [0.25, 0.3) is 0 Å². The summed E-state index contributed by atoms with van der Waals surface area (Å²) in [5.74, 6) is -0.565. The lowest BCUT2D eigenvalue weighted by Crippen LogP contribution is -2.06. The second-order valence-corrected chi connectivity index (χ2v) is 5.94. The van der Waals surface area contributed by atoms with Crippen LogP contribution in [0.25, 0.3) is 0 Å². The van der Waals surface area contributed by atoms with Crippen LogP contribution in [0.3, 0.4) is 0 Å². The standard InChI is InChI=1S/C14H10Br2FNO/c15-10-1-2-13(17)8(3-10)6-14(19)9-4-11(16)7-12(18)5-9/h1-5,7H,6,18H2. The molecule has 0 saturated carbocycles. The number of hydrogen-bond donors (Lipinski definition) is 1. The Kier molecular flexibility index (Phi) is 4.37. The highest BCUT2D eigenvalue weighted by Gasteiger charge is 2.12. The smallest absolute Gasteiger partial charge is 0.167 e. The van der Waals surface area contributed by atoms with E-state index < -0.39 is 0 Å². The summed E-state index contributed by atoms with van der Waals surface area (Å²) in [5.41, 5.74) is 7.00. The van der Waals surface area contributed by atoms with E-state index in [4.69, 9.17) is 5.73 Å². The fraction of sp³-hybridized carbons (Fsp3) is 0.0714. The summed E-state index contributed by atoms with van der Waals surface area (Å²) in [4.78, 5) is 12.1. The van der Waals surface area contributed by atoms with Gasteiger partial charge in [-0.05, 0) is 42.0 Å². The molecule has 0 aromatic heterocycles. The Hall–Kier alpha value is -1.20. The van der Waals surface area contributed by atoms with E-state index in [0.29, 0.717) is 16.8 Å². The number of halogens is 3. The van der Waals surface area contributed by atoms with Crippen LogP contribution in [0, 0.1) is 5.82 Å². The average Bonchev–Trinajstić information content (AvgIpc) is 2.32. The van der Waals surface area contributed by atoms with E-state index in [2.05, 4.69) is 31.9 Å². The lowest BCUT2D eigenvalue weighted by molar-refractivity contribution is 0.0992. The van der Waals surface area contributed by atoms with Crippen molar-refractivity contribution in [2.75, 3.05) is 5.73 Å². The van der Waals surface area contributed by atoms with Gasteiger partial charge in [-0.15, -0.1) is 0 Å². The quantitative estimate of drug-likeness (QED) is 0.629. The molecule has 0 heterocycles. The van der Waals surface area contributed by atoms with Crippen LogP contribution in [0.1, 0.15) is 15.9 Å². The zero-order valence-corrected chi connectivity index (χ0v) is 13.0. The maximum atomic E-state index is 13.6. The predicted octanol–water partition coefficient (Wildman–Crippen LogP) is 4.36. The molecule has 2 rings (SSSR count). The molecule has 19 heavy (non-hydrogen) atoms. The molecule has 0 radical (unpaired) electrons. The minimum absolute atomic E-state index is 0.00116. The van der Waals surface area contributed by atoms with E-state index in [0.717, 1.165) is 8.95 Å². The Morgan fingerprint density at radius 3 is 2.53 bits per heavy atom. The number of nitrogens with two attached hydrogens (primary N) is 1. The molecule has 0 atom stereocenters. The van der Waals surface area contributed by atoms with E-state index in [-0.39, 0.29) is 18.0 Å². The first-order valence-electron chi connectivity index (χ1n) is 5.49. The van der Waals surface area contributed by atoms with Crippen molar-refractivity contribution in [1.82, 2.24) is 0 Å². The summed E-state index contributed by atoms with van der Waals surface area (Å²) < 4.78 is 15.1. The van der Waals surface area contributed by atoms with Crippen molar-refractivity contribution < 1.29 is 9.18 Å². The third kappa shape index (κ3) is 3.64. The van der Waals surface area contributed by atoms with E-state index in [9.17, 15) is 9.18 Å². The second kappa shape index (κ2) is 5.84. The molecule has 0 unspecified atom stereocenters. The van der Waals surface area contributed by atoms with Gasteiger partial charge >= 0.3 is 0 Å². The number of carbonyl (C=O) groups is 1. The highest BCUT2D eigenvalue weighted by atomic mass is 79.9. The van der Waals surface area contributed by atoms with Crippen molar-refractivity contribution >= 4 is 43.3 Å². The number of benzene rings is 2. The number of ketones is 1. The van der Waals surface area contributed by atoms with Crippen LogP contribution in [0.15, 0.2) is 45.3 Å². The Bertz CT molecular complexity index is 623. The van der Waals surface area contributed by atoms with Crippen molar-refractivity contribution in [2.24, 2.45) is 0 Å². The molecule has 0 aliphatic rings. The first-order chi connectivity index (χ1) is 8.95. The Morgan fingerprint density at radius 2 is 1.84 bits per heavy atom. The number of anilines is 1. The highest BCUT2D eigenvalue weighted by Crippen LogP contribution is 2.21. The molecule has 2 aromatic rings. The Labute approximate surface area is 127 Å². The van der Waals surface area contributed by atoms with Crippen molar-refractivity contribution in [3.63, 3.8) is 0 Å². The molecule has 2 aromatic carbocycles. The third-order valence-corrected chi connectivity index (χ3v) is 3.55. The molecule has 2 nitrogen and oxygen atoms in total. The maximum Gasteiger partial charge on any atom is 0.167 e. The number of carbonyl (C=O) groups excluding carboxylic acids is 1. The fourth-order valence-corrected chi connectivity index (χ4v) is 2.65. The largest absolute Gasteiger partial charge is 0.399 e. The number of hydrogen-bond acceptors (Lipinski definition) is 2. The van der Waals surface area contributed by atoms with Gasteiger partial charge in [0.15, 0.2) is 5.78 Å². The molecule has 0 spiro atoms. The molecule has 0 fully saturated rings. The van der Waals surface area contributed by atoms with Gasteiger partial charge < -0.3 is 5.73 Å².